The Kier molecular flexibility index (Phi) is 5.50. The van der Waals surface area contributed by atoms with Gasteiger partial charge in [0.25, 0.3) is 0 Å². The molecule has 7 heteroatoms. The van der Waals surface area contributed by atoms with E-state index in [1.54, 1.807) is 12.1 Å². The third kappa shape index (κ3) is 4.29. The van der Waals surface area contributed by atoms with E-state index in [-0.39, 0.29) is 5.82 Å². The summed E-state index contributed by atoms with van der Waals surface area (Å²) in [4.78, 5) is 19.1. The van der Waals surface area contributed by atoms with Crippen molar-refractivity contribution in [3.63, 3.8) is 0 Å². The summed E-state index contributed by atoms with van der Waals surface area (Å²) in [5.74, 6) is -0.187. The number of hydrogen-bond donors (Lipinski definition) is 1. The second-order valence-electron chi connectivity index (χ2n) is 6.87. The molecule has 0 unspecified atom stereocenters. The van der Waals surface area contributed by atoms with Gasteiger partial charge in [0.2, 0.25) is 0 Å². The van der Waals surface area contributed by atoms with Crippen LogP contribution in [0.2, 0.25) is 5.02 Å². The zero-order valence-corrected chi connectivity index (χ0v) is 16.1. The highest BCUT2D eigenvalue weighted by molar-refractivity contribution is 6.30. The first-order chi connectivity index (χ1) is 13.6. The quantitative estimate of drug-likeness (QED) is 0.706. The fraction of sp³-hybridized carbons (Fsp3) is 0.286. The van der Waals surface area contributed by atoms with E-state index in [4.69, 9.17) is 16.0 Å². The van der Waals surface area contributed by atoms with Gasteiger partial charge in [0.1, 0.15) is 11.6 Å². The van der Waals surface area contributed by atoms with E-state index in [2.05, 4.69) is 14.8 Å². The van der Waals surface area contributed by atoms with Crippen molar-refractivity contribution in [1.82, 2.24) is 9.88 Å². The van der Waals surface area contributed by atoms with Crippen LogP contribution in [0.5, 0.6) is 0 Å². The van der Waals surface area contributed by atoms with Gasteiger partial charge in [0.05, 0.1) is 5.69 Å². The third-order valence-corrected chi connectivity index (χ3v) is 5.33. The molecule has 0 radical (unpaired) electrons. The lowest BCUT2D eigenvalue weighted by Gasteiger charge is -2.36. The van der Waals surface area contributed by atoms with Crippen molar-refractivity contribution in [2.45, 2.75) is 6.42 Å². The molecule has 28 heavy (non-hydrogen) atoms. The van der Waals surface area contributed by atoms with Crippen molar-refractivity contribution >= 4 is 17.3 Å². The number of aromatic amines is 1. The molecular weight excluding hydrogens is 381 g/mol. The minimum absolute atomic E-state index is 0.310. The summed E-state index contributed by atoms with van der Waals surface area (Å²) >= 11 is 5.96. The number of aromatic nitrogens is 1. The number of H-pyrrole nitrogens is 1. The molecule has 0 atom stereocenters. The maximum absolute atomic E-state index is 13.2. The van der Waals surface area contributed by atoms with E-state index in [9.17, 15) is 9.18 Å². The molecule has 5 nitrogen and oxygen atoms in total. The van der Waals surface area contributed by atoms with Gasteiger partial charge in [0, 0.05) is 55.4 Å². The summed E-state index contributed by atoms with van der Waals surface area (Å²) < 4.78 is 18.5. The first-order valence-electron chi connectivity index (χ1n) is 9.29. The van der Waals surface area contributed by atoms with Crippen LogP contribution in [0.4, 0.5) is 10.1 Å². The number of oxazole rings is 1. The van der Waals surface area contributed by atoms with Gasteiger partial charge in [-0.2, -0.15) is 0 Å². The fourth-order valence-corrected chi connectivity index (χ4v) is 3.65. The summed E-state index contributed by atoms with van der Waals surface area (Å²) in [6.45, 7) is 4.53. The summed E-state index contributed by atoms with van der Waals surface area (Å²) in [5.41, 5.74) is 2.55. The van der Waals surface area contributed by atoms with E-state index in [1.165, 1.54) is 17.8 Å². The Morgan fingerprint density at radius 2 is 1.68 bits per heavy atom. The van der Waals surface area contributed by atoms with Crippen molar-refractivity contribution in [2.24, 2.45) is 0 Å². The van der Waals surface area contributed by atoms with Crippen LogP contribution in [0, 0.1) is 5.82 Å². The lowest BCUT2D eigenvalue weighted by molar-refractivity contribution is 0.254. The zero-order valence-electron chi connectivity index (χ0n) is 15.3. The molecule has 0 spiro atoms. The van der Waals surface area contributed by atoms with Crippen LogP contribution in [0.25, 0.3) is 11.3 Å². The fourth-order valence-electron chi connectivity index (χ4n) is 3.53. The first-order valence-corrected chi connectivity index (χ1v) is 9.67. The minimum Gasteiger partial charge on any atom is -0.412 e. The highest BCUT2D eigenvalue weighted by atomic mass is 35.5. The maximum atomic E-state index is 13.2. The number of hydrogen-bond acceptors (Lipinski definition) is 4. The molecule has 1 aliphatic rings. The van der Waals surface area contributed by atoms with Crippen LogP contribution in [0.3, 0.4) is 0 Å². The van der Waals surface area contributed by atoms with Gasteiger partial charge in [-0.05, 0) is 48.5 Å². The predicted molar refractivity (Wildman–Crippen MR) is 109 cm³/mol. The normalized spacial score (nSPS) is 15.1. The Balaban J connectivity index is 1.36. The molecule has 1 aliphatic heterocycles. The molecular formula is C21H21ClFN3O2. The SMILES string of the molecule is O=c1[nH]c(-c2ccc(F)cc2)c(CCN2CCN(c3ccc(Cl)cc3)CC2)o1. The molecule has 1 aromatic heterocycles. The first kappa shape index (κ1) is 18.8. The Labute approximate surface area is 167 Å². The molecule has 146 valence electrons. The van der Waals surface area contributed by atoms with Crippen LogP contribution in [0.1, 0.15) is 5.76 Å². The van der Waals surface area contributed by atoms with Crippen LogP contribution >= 0.6 is 11.6 Å². The summed E-state index contributed by atoms with van der Waals surface area (Å²) in [6.07, 6.45) is 0.617. The zero-order chi connectivity index (χ0) is 19.5. The molecule has 1 saturated heterocycles. The van der Waals surface area contributed by atoms with Crippen LogP contribution in [-0.4, -0.2) is 42.6 Å². The number of benzene rings is 2. The highest BCUT2D eigenvalue weighted by Crippen LogP contribution is 2.22. The van der Waals surface area contributed by atoms with Crippen molar-refractivity contribution in [1.29, 1.82) is 0 Å². The van der Waals surface area contributed by atoms with Crippen molar-refractivity contribution < 1.29 is 8.81 Å². The van der Waals surface area contributed by atoms with E-state index in [0.717, 1.165) is 43.3 Å². The van der Waals surface area contributed by atoms with Crippen LogP contribution in [-0.2, 0) is 6.42 Å². The predicted octanol–water partition coefficient (Wildman–Crippen LogP) is 3.79. The van der Waals surface area contributed by atoms with Gasteiger partial charge in [-0.15, -0.1) is 0 Å². The lowest BCUT2D eigenvalue weighted by Crippen LogP contribution is -2.47. The Hall–Kier alpha value is -2.57. The van der Waals surface area contributed by atoms with Crippen molar-refractivity contribution in [3.8, 4) is 11.3 Å². The third-order valence-electron chi connectivity index (χ3n) is 5.07. The minimum atomic E-state index is -0.484. The van der Waals surface area contributed by atoms with E-state index >= 15 is 0 Å². The molecule has 1 fully saturated rings. The molecule has 1 N–H and O–H groups in total. The van der Waals surface area contributed by atoms with Gasteiger partial charge < -0.3 is 9.32 Å². The number of halogens is 2. The van der Waals surface area contributed by atoms with Crippen LogP contribution < -0.4 is 10.7 Å². The summed E-state index contributed by atoms with van der Waals surface area (Å²) in [5, 5.41) is 0.743. The molecule has 2 aromatic carbocycles. The van der Waals surface area contributed by atoms with Gasteiger partial charge >= 0.3 is 5.76 Å². The Bertz CT molecular complexity index is 974. The second kappa shape index (κ2) is 8.20. The molecule has 4 rings (SSSR count). The van der Waals surface area contributed by atoms with E-state index < -0.39 is 5.76 Å². The molecule has 0 bridgehead atoms. The second-order valence-corrected chi connectivity index (χ2v) is 7.31. The molecule has 0 saturated carbocycles. The lowest BCUT2D eigenvalue weighted by atomic mass is 10.1. The largest absolute Gasteiger partial charge is 0.416 e. The number of rotatable bonds is 5. The van der Waals surface area contributed by atoms with E-state index in [0.29, 0.717) is 17.9 Å². The molecule has 2 heterocycles. The van der Waals surface area contributed by atoms with Gasteiger partial charge in [-0.1, -0.05) is 11.6 Å². The molecule has 3 aromatic rings. The topological polar surface area (TPSA) is 52.5 Å². The number of anilines is 1. The van der Waals surface area contributed by atoms with Gasteiger partial charge in [0.15, 0.2) is 0 Å². The van der Waals surface area contributed by atoms with Crippen molar-refractivity contribution in [3.05, 3.63) is 75.7 Å². The Morgan fingerprint density at radius 3 is 2.36 bits per heavy atom. The number of nitrogens with zero attached hydrogens (tertiary/aromatic N) is 2. The monoisotopic (exact) mass is 401 g/mol. The number of piperazine rings is 1. The highest BCUT2D eigenvalue weighted by Gasteiger charge is 2.19. The van der Waals surface area contributed by atoms with Gasteiger partial charge in [-0.3, -0.25) is 9.88 Å². The van der Waals surface area contributed by atoms with E-state index in [1.807, 2.05) is 24.3 Å². The molecule has 0 aliphatic carbocycles. The average molecular weight is 402 g/mol. The summed E-state index contributed by atoms with van der Waals surface area (Å²) in [7, 11) is 0. The van der Waals surface area contributed by atoms with Gasteiger partial charge in [-0.25, -0.2) is 9.18 Å². The van der Waals surface area contributed by atoms with Crippen molar-refractivity contribution in [2.75, 3.05) is 37.6 Å². The standard InChI is InChI=1S/C21H21ClFN3O2/c22-16-3-7-18(8-4-16)26-13-11-25(12-14-26)10-9-19-20(24-21(27)28-19)15-1-5-17(23)6-2-15/h1-8H,9-14H2,(H,24,27). The molecule has 0 amide bonds. The number of nitrogens with one attached hydrogen (secondary N) is 1. The smallest absolute Gasteiger partial charge is 0.412 e. The Morgan fingerprint density at radius 1 is 1.00 bits per heavy atom. The average Bonchev–Trinajstić information content (AvgIpc) is 3.08. The summed E-state index contributed by atoms with van der Waals surface area (Å²) in [6, 6.07) is 13.9. The maximum Gasteiger partial charge on any atom is 0.416 e. The van der Waals surface area contributed by atoms with Crippen LogP contribution in [0.15, 0.2) is 57.7 Å².